The standard InChI is InChI=1S/C31H18BrN/c32-27-17-8-12-22-21-11-7-16-26-29(21)33(30(22)27)28-18-6-5-15-25(28)31(26)23-13-3-1-9-19(23)20-10-2-4-14-24(20)31/h1-18H. The third-order valence-electron chi connectivity index (χ3n) is 7.67. The molecular weight excluding hydrogens is 466 g/mol. The van der Waals surface area contributed by atoms with Crippen LogP contribution in [-0.4, -0.2) is 4.57 Å². The molecule has 0 N–H and O–H groups in total. The molecule has 0 amide bonds. The maximum Gasteiger partial charge on any atom is 0.0754 e. The Kier molecular flexibility index (Phi) is 3.27. The summed E-state index contributed by atoms with van der Waals surface area (Å²) in [6, 6.07) is 40.3. The number of hydrogen-bond donors (Lipinski definition) is 0. The highest BCUT2D eigenvalue weighted by atomic mass is 79.9. The first kappa shape index (κ1) is 17.9. The van der Waals surface area contributed by atoms with Crippen molar-refractivity contribution in [3.05, 3.63) is 136 Å². The van der Waals surface area contributed by atoms with Gasteiger partial charge in [0.2, 0.25) is 0 Å². The van der Waals surface area contributed by atoms with Gasteiger partial charge in [-0.3, -0.25) is 0 Å². The van der Waals surface area contributed by atoms with Gasteiger partial charge in [0.1, 0.15) is 0 Å². The summed E-state index contributed by atoms with van der Waals surface area (Å²) in [4.78, 5) is 0. The second-order valence-electron chi connectivity index (χ2n) is 9.03. The SMILES string of the molecule is Brc1cccc2c3cccc4c3n(c12)-c1ccccc1C41c2ccccc2-c2ccccc21. The predicted molar refractivity (Wildman–Crippen MR) is 139 cm³/mol. The smallest absolute Gasteiger partial charge is 0.0754 e. The van der Waals surface area contributed by atoms with E-state index in [1.807, 2.05) is 0 Å². The summed E-state index contributed by atoms with van der Waals surface area (Å²) in [5.74, 6) is 0. The summed E-state index contributed by atoms with van der Waals surface area (Å²) in [6.45, 7) is 0. The molecule has 0 unspecified atom stereocenters. The lowest BCUT2D eigenvalue weighted by atomic mass is 9.65. The molecule has 0 atom stereocenters. The molecule has 154 valence electrons. The average molecular weight is 484 g/mol. The van der Waals surface area contributed by atoms with Crippen LogP contribution in [0.4, 0.5) is 0 Å². The Labute approximate surface area is 200 Å². The number of halogens is 1. The van der Waals surface area contributed by atoms with Crippen molar-refractivity contribution in [2.75, 3.05) is 0 Å². The molecule has 2 heterocycles. The zero-order valence-corrected chi connectivity index (χ0v) is 19.3. The number of para-hydroxylation sites is 3. The highest BCUT2D eigenvalue weighted by molar-refractivity contribution is 9.10. The number of benzene rings is 5. The van der Waals surface area contributed by atoms with Crippen molar-refractivity contribution >= 4 is 37.7 Å². The molecule has 1 aliphatic carbocycles. The van der Waals surface area contributed by atoms with E-state index in [0.717, 1.165) is 4.47 Å². The van der Waals surface area contributed by atoms with Crippen LogP contribution in [0.2, 0.25) is 0 Å². The fourth-order valence-corrected chi connectivity index (χ4v) is 7.11. The van der Waals surface area contributed by atoms with E-state index >= 15 is 0 Å². The van der Waals surface area contributed by atoms with Gasteiger partial charge in [-0.2, -0.15) is 0 Å². The predicted octanol–water partition coefficient (Wildman–Crippen LogP) is 8.22. The molecule has 33 heavy (non-hydrogen) atoms. The zero-order chi connectivity index (χ0) is 21.7. The molecule has 8 rings (SSSR count). The Hall–Kier alpha value is -3.62. The van der Waals surface area contributed by atoms with E-state index in [1.54, 1.807) is 0 Å². The van der Waals surface area contributed by atoms with E-state index in [-0.39, 0.29) is 5.41 Å². The maximum absolute atomic E-state index is 3.87. The monoisotopic (exact) mass is 483 g/mol. The van der Waals surface area contributed by atoms with Crippen LogP contribution in [0, 0.1) is 0 Å². The lowest BCUT2D eigenvalue weighted by molar-refractivity contribution is 0.748. The fraction of sp³-hybridized carbons (Fsp3) is 0.0323. The maximum atomic E-state index is 3.87. The molecule has 1 nitrogen and oxygen atoms in total. The van der Waals surface area contributed by atoms with Crippen molar-refractivity contribution in [2.45, 2.75) is 5.41 Å². The molecule has 0 saturated carbocycles. The summed E-state index contributed by atoms with van der Waals surface area (Å²) >= 11 is 3.87. The van der Waals surface area contributed by atoms with Crippen molar-refractivity contribution < 1.29 is 0 Å². The first-order chi connectivity index (χ1) is 16.3. The van der Waals surface area contributed by atoms with Gasteiger partial charge in [0.05, 0.1) is 22.1 Å². The Balaban J connectivity index is 1.71. The van der Waals surface area contributed by atoms with Gasteiger partial charge in [-0.1, -0.05) is 97.1 Å². The fourth-order valence-electron chi connectivity index (χ4n) is 6.56. The van der Waals surface area contributed by atoms with Crippen molar-refractivity contribution in [2.24, 2.45) is 0 Å². The van der Waals surface area contributed by atoms with Crippen molar-refractivity contribution in [3.63, 3.8) is 0 Å². The lowest BCUT2D eigenvalue weighted by Crippen LogP contribution is -2.33. The van der Waals surface area contributed by atoms with Crippen LogP contribution >= 0.6 is 15.9 Å². The van der Waals surface area contributed by atoms with Crippen LogP contribution in [0.1, 0.15) is 22.3 Å². The second kappa shape index (κ2) is 6.03. The normalized spacial score (nSPS) is 14.5. The van der Waals surface area contributed by atoms with Gasteiger partial charge in [-0.25, -0.2) is 0 Å². The first-order valence-electron chi connectivity index (χ1n) is 11.3. The van der Waals surface area contributed by atoms with Crippen LogP contribution in [0.5, 0.6) is 0 Å². The zero-order valence-electron chi connectivity index (χ0n) is 17.7. The highest BCUT2D eigenvalue weighted by Crippen LogP contribution is 2.60. The molecule has 1 aromatic heterocycles. The quantitative estimate of drug-likeness (QED) is 0.204. The Morgan fingerprint density at radius 2 is 1.03 bits per heavy atom. The van der Waals surface area contributed by atoms with Gasteiger partial charge in [0.15, 0.2) is 0 Å². The third-order valence-corrected chi connectivity index (χ3v) is 8.31. The summed E-state index contributed by atoms with van der Waals surface area (Å²) in [5, 5.41) is 2.59. The van der Waals surface area contributed by atoms with E-state index in [2.05, 4.69) is 130 Å². The largest absolute Gasteiger partial charge is 0.307 e. The third kappa shape index (κ3) is 1.92. The van der Waals surface area contributed by atoms with Crippen LogP contribution in [-0.2, 0) is 5.41 Å². The summed E-state index contributed by atoms with van der Waals surface area (Å²) in [7, 11) is 0. The van der Waals surface area contributed by atoms with Crippen LogP contribution in [0.15, 0.2) is 114 Å². The number of hydrogen-bond acceptors (Lipinski definition) is 0. The summed E-state index contributed by atoms with van der Waals surface area (Å²) in [5.41, 5.74) is 11.6. The molecule has 0 radical (unpaired) electrons. The molecular formula is C31H18BrN. The topological polar surface area (TPSA) is 4.93 Å². The highest BCUT2D eigenvalue weighted by Gasteiger charge is 2.50. The number of rotatable bonds is 0. The van der Waals surface area contributed by atoms with E-state index in [1.165, 1.54) is 60.9 Å². The lowest BCUT2D eigenvalue weighted by Gasteiger charge is -2.39. The van der Waals surface area contributed by atoms with E-state index in [0.29, 0.717) is 0 Å². The van der Waals surface area contributed by atoms with Crippen LogP contribution in [0.3, 0.4) is 0 Å². The van der Waals surface area contributed by atoms with Gasteiger partial charge in [-0.15, -0.1) is 0 Å². The van der Waals surface area contributed by atoms with E-state index in [9.17, 15) is 0 Å². The summed E-state index contributed by atoms with van der Waals surface area (Å²) in [6.07, 6.45) is 0. The van der Waals surface area contributed by atoms with E-state index in [4.69, 9.17) is 0 Å². The molecule has 5 aromatic carbocycles. The van der Waals surface area contributed by atoms with Crippen molar-refractivity contribution in [1.82, 2.24) is 4.57 Å². The number of fused-ring (bicyclic) bond motifs is 12. The molecule has 0 bridgehead atoms. The van der Waals surface area contributed by atoms with E-state index < -0.39 is 0 Å². The van der Waals surface area contributed by atoms with Crippen molar-refractivity contribution in [3.8, 4) is 16.8 Å². The second-order valence-corrected chi connectivity index (χ2v) is 9.89. The minimum absolute atomic E-state index is 0.333. The summed E-state index contributed by atoms with van der Waals surface area (Å²) < 4.78 is 3.61. The average Bonchev–Trinajstić information content (AvgIpc) is 3.36. The molecule has 1 spiro atoms. The van der Waals surface area contributed by atoms with Gasteiger partial charge < -0.3 is 4.57 Å². The van der Waals surface area contributed by atoms with Gasteiger partial charge in [0.25, 0.3) is 0 Å². The first-order valence-corrected chi connectivity index (χ1v) is 12.1. The van der Waals surface area contributed by atoms with Crippen LogP contribution < -0.4 is 0 Å². The molecule has 2 aliphatic rings. The van der Waals surface area contributed by atoms with Crippen molar-refractivity contribution in [1.29, 1.82) is 0 Å². The van der Waals surface area contributed by atoms with Gasteiger partial charge in [0, 0.05) is 15.2 Å². The Morgan fingerprint density at radius 3 is 1.76 bits per heavy atom. The molecule has 0 saturated heterocycles. The number of aromatic nitrogens is 1. The Bertz CT molecular complexity index is 1740. The number of nitrogens with zero attached hydrogens (tertiary/aromatic N) is 1. The molecule has 6 aromatic rings. The van der Waals surface area contributed by atoms with Gasteiger partial charge in [-0.05, 0) is 61.4 Å². The molecule has 2 heteroatoms. The molecule has 0 fully saturated rings. The molecule has 1 aliphatic heterocycles. The Morgan fingerprint density at radius 1 is 0.485 bits per heavy atom. The minimum atomic E-state index is -0.333. The van der Waals surface area contributed by atoms with Gasteiger partial charge >= 0.3 is 0 Å². The van der Waals surface area contributed by atoms with Crippen LogP contribution in [0.25, 0.3) is 38.6 Å². The minimum Gasteiger partial charge on any atom is -0.307 e.